The maximum atomic E-state index is 12.9. The van der Waals surface area contributed by atoms with Crippen LogP contribution in [0.3, 0.4) is 0 Å². The van der Waals surface area contributed by atoms with E-state index in [1.807, 2.05) is 7.05 Å². The second-order valence-electron chi connectivity index (χ2n) is 6.33. The largest absolute Gasteiger partial charge is 0.344 e. The minimum Gasteiger partial charge on any atom is -0.344 e. The molecular formula is C15H27N5O3S. The Kier molecular flexibility index (Phi) is 6.00. The summed E-state index contributed by atoms with van der Waals surface area (Å²) in [6.07, 6.45) is 1.41. The molecule has 1 aromatic heterocycles. The number of amides is 1. The number of carbonyl (C=O) groups is 1. The molecule has 1 unspecified atom stereocenters. The van der Waals surface area contributed by atoms with Crippen LogP contribution in [0.5, 0.6) is 0 Å². The van der Waals surface area contributed by atoms with Gasteiger partial charge in [0.25, 0.3) is 0 Å². The Morgan fingerprint density at radius 2 is 2.17 bits per heavy atom. The van der Waals surface area contributed by atoms with Gasteiger partial charge in [-0.15, -0.1) is 0 Å². The van der Waals surface area contributed by atoms with Crippen molar-refractivity contribution in [2.75, 3.05) is 40.3 Å². The highest BCUT2D eigenvalue weighted by molar-refractivity contribution is 7.89. The molecule has 0 saturated carbocycles. The molecule has 9 heteroatoms. The number of nitrogens with one attached hydrogen (secondary N) is 2. The molecule has 1 saturated heterocycles. The maximum absolute atomic E-state index is 12.9. The van der Waals surface area contributed by atoms with Gasteiger partial charge in [0.2, 0.25) is 15.9 Å². The van der Waals surface area contributed by atoms with E-state index in [-0.39, 0.29) is 23.3 Å². The summed E-state index contributed by atoms with van der Waals surface area (Å²) in [4.78, 5) is 14.5. The summed E-state index contributed by atoms with van der Waals surface area (Å²) >= 11 is 0. The number of aromatic nitrogens is 2. The second-order valence-corrected chi connectivity index (χ2v) is 8.20. The third-order valence-corrected chi connectivity index (χ3v) is 6.59. The Bertz CT molecular complexity index is 666. The first-order valence-corrected chi connectivity index (χ1v) is 9.64. The van der Waals surface area contributed by atoms with E-state index in [0.29, 0.717) is 37.4 Å². The van der Waals surface area contributed by atoms with Crippen molar-refractivity contribution in [1.29, 1.82) is 0 Å². The number of H-pyrrole nitrogens is 1. The first-order chi connectivity index (χ1) is 11.3. The van der Waals surface area contributed by atoms with Crippen LogP contribution in [0, 0.1) is 19.8 Å². The molecule has 2 heterocycles. The van der Waals surface area contributed by atoms with Crippen LogP contribution in [0.2, 0.25) is 0 Å². The second kappa shape index (κ2) is 7.62. The summed E-state index contributed by atoms with van der Waals surface area (Å²) in [6.45, 7) is 5.37. The smallest absolute Gasteiger partial charge is 0.246 e. The average molecular weight is 357 g/mol. The number of aromatic amines is 1. The van der Waals surface area contributed by atoms with Gasteiger partial charge in [0, 0.05) is 33.2 Å². The molecule has 1 aliphatic rings. The summed E-state index contributed by atoms with van der Waals surface area (Å²) in [5, 5.41) is 9.71. The molecule has 24 heavy (non-hydrogen) atoms. The van der Waals surface area contributed by atoms with Crippen molar-refractivity contribution in [2.24, 2.45) is 5.92 Å². The van der Waals surface area contributed by atoms with Crippen LogP contribution in [0.4, 0.5) is 0 Å². The van der Waals surface area contributed by atoms with Crippen molar-refractivity contribution >= 4 is 15.9 Å². The van der Waals surface area contributed by atoms with E-state index >= 15 is 0 Å². The average Bonchev–Trinajstić information content (AvgIpc) is 2.91. The normalized spacial score (nSPS) is 19.4. The number of likely N-dealkylation sites (N-methyl/N-ethyl adjacent to an activating group) is 2. The highest BCUT2D eigenvalue weighted by Gasteiger charge is 2.36. The first kappa shape index (κ1) is 18.9. The lowest BCUT2D eigenvalue weighted by atomic mass is 9.98. The zero-order valence-corrected chi connectivity index (χ0v) is 15.6. The van der Waals surface area contributed by atoms with Gasteiger partial charge in [-0.1, -0.05) is 0 Å². The number of carbonyl (C=O) groups excluding carboxylic acids is 1. The Labute approximate surface area is 143 Å². The number of aryl methyl sites for hydroxylation is 2. The number of piperidine rings is 1. The van der Waals surface area contributed by atoms with Gasteiger partial charge in [-0.3, -0.25) is 9.89 Å². The van der Waals surface area contributed by atoms with Crippen LogP contribution in [-0.2, 0) is 14.8 Å². The van der Waals surface area contributed by atoms with Crippen LogP contribution in [0.25, 0.3) is 0 Å². The van der Waals surface area contributed by atoms with Gasteiger partial charge in [0.15, 0.2) is 0 Å². The molecule has 2 rings (SSSR count). The van der Waals surface area contributed by atoms with Crippen molar-refractivity contribution in [3.8, 4) is 0 Å². The van der Waals surface area contributed by atoms with Gasteiger partial charge in [0.05, 0.1) is 17.3 Å². The predicted octanol–water partition coefficient (Wildman–Crippen LogP) is 0.105. The molecule has 2 N–H and O–H groups in total. The van der Waals surface area contributed by atoms with E-state index in [1.165, 1.54) is 4.31 Å². The van der Waals surface area contributed by atoms with E-state index in [4.69, 9.17) is 0 Å². The van der Waals surface area contributed by atoms with Gasteiger partial charge in [-0.2, -0.15) is 9.40 Å². The first-order valence-electron chi connectivity index (χ1n) is 8.20. The Hall–Kier alpha value is -1.45. The SMILES string of the molecule is CNCCN(C)C(=O)C1CCCN(S(=O)(=O)c2c(C)n[nH]c2C)C1. The molecule has 1 aromatic rings. The van der Waals surface area contributed by atoms with Crippen molar-refractivity contribution in [3.63, 3.8) is 0 Å². The molecule has 0 aromatic carbocycles. The maximum Gasteiger partial charge on any atom is 0.246 e. The van der Waals surface area contributed by atoms with Crippen LogP contribution in [-0.4, -0.2) is 74.0 Å². The van der Waals surface area contributed by atoms with E-state index in [2.05, 4.69) is 15.5 Å². The summed E-state index contributed by atoms with van der Waals surface area (Å²) in [5.41, 5.74) is 0.999. The Balaban J connectivity index is 2.14. The highest BCUT2D eigenvalue weighted by atomic mass is 32.2. The fraction of sp³-hybridized carbons (Fsp3) is 0.733. The van der Waals surface area contributed by atoms with E-state index < -0.39 is 10.0 Å². The summed E-state index contributed by atoms with van der Waals surface area (Å²) in [5.74, 6) is -0.284. The lowest BCUT2D eigenvalue weighted by molar-refractivity contribution is -0.135. The standard InChI is InChI=1S/C15H27N5O3S/c1-11-14(12(2)18-17-11)24(22,23)20-8-5-6-13(10-20)15(21)19(4)9-7-16-3/h13,16H,5-10H2,1-4H3,(H,17,18). The fourth-order valence-corrected chi connectivity index (χ4v) is 4.97. The van der Waals surface area contributed by atoms with E-state index in [1.54, 1.807) is 25.8 Å². The molecule has 0 spiro atoms. The van der Waals surface area contributed by atoms with Crippen LogP contribution >= 0.6 is 0 Å². The van der Waals surface area contributed by atoms with E-state index in [9.17, 15) is 13.2 Å². The third kappa shape index (κ3) is 3.79. The van der Waals surface area contributed by atoms with Gasteiger partial charge >= 0.3 is 0 Å². The van der Waals surface area contributed by atoms with Crippen LogP contribution in [0.15, 0.2) is 4.90 Å². The van der Waals surface area contributed by atoms with Crippen LogP contribution in [0.1, 0.15) is 24.2 Å². The minimum atomic E-state index is -3.63. The molecule has 1 fully saturated rings. The number of rotatable bonds is 6. The Morgan fingerprint density at radius 1 is 1.46 bits per heavy atom. The van der Waals surface area contributed by atoms with Crippen molar-refractivity contribution in [3.05, 3.63) is 11.4 Å². The summed E-state index contributed by atoms with van der Waals surface area (Å²) in [6, 6.07) is 0. The molecule has 1 atom stereocenters. The minimum absolute atomic E-state index is 0.00536. The number of hydrogen-bond donors (Lipinski definition) is 2. The van der Waals surface area contributed by atoms with Crippen molar-refractivity contribution in [1.82, 2.24) is 24.7 Å². The quantitative estimate of drug-likeness (QED) is 0.753. The molecule has 0 radical (unpaired) electrons. The monoisotopic (exact) mass is 357 g/mol. The molecular weight excluding hydrogens is 330 g/mol. The van der Waals surface area contributed by atoms with Crippen LogP contribution < -0.4 is 5.32 Å². The number of sulfonamides is 1. The van der Waals surface area contributed by atoms with Gasteiger partial charge in [0.1, 0.15) is 4.90 Å². The number of hydrogen-bond acceptors (Lipinski definition) is 5. The predicted molar refractivity (Wildman–Crippen MR) is 91.1 cm³/mol. The van der Waals surface area contributed by atoms with Gasteiger partial charge in [-0.05, 0) is 33.7 Å². The Morgan fingerprint density at radius 3 is 2.75 bits per heavy atom. The summed E-state index contributed by atoms with van der Waals surface area (Å²) < 4.78 is 27.3. The lowest BCUT2D eigenvalue weighted by Crippen LogP contribution is -2.46. The highest BCUT2D eigenvalue weighted by Crippen LogP contribution is 2.27. The molecule has 136 valence electrons. The third-order valence-electron chi connectivity index (χ3n) is 4.47. The molecule has 1 aliphatic heterocycles. The lowest BCUT2D eigenvalue weighted by Gasteiger charge is -2.33. The topological polar surface area (TPSA) is 98.4 Å². The number of nitrogens with zero attached hydrogens (tertiary/aromatic N) is 3. The van der Waals surface area contributed by atoms with Crippen molar-refractivity contribution in [2.45, 2.75) is 31.6 Å². The van der Waals surface area contributed by atoms with Gasteiger partial charge < -0.3 is 10.2 Å². The zero-order chi connectivity index (χ0) is 17.9. The summed E-state index contributed by atoms with van der Waals surface area (Å²) in [7, 11) is -0.0351. The fourth-order valence-electron chi connectivity index (χ4n) is 3.11. The molecule has 8 nitrogen and oxygen atoms in total. The zero-order valence-electron chi connectivity index (χ0n) is 14.8. The molecule has 1 amide bonds. The molecule has 0 aliphatic carbocycles. The van der Waals surface area contributed by atoms with Crippen molar-refractivity contribution < 1.29 is 13.2 Å². The van der Waals surface area contributed by atoms with E-state index in [0.717, 1.165) is 6.42 Å². The molecule has 0 bridgehead atoms. The van der Waals surface area contributed by atoms with Gasteiger partial charge in [-0.25, -0.2) is 8.42 Å².